The lowest BCUT2D eigenvalue weighted by Crippen LogP contribution is -2.61. The SMILES string of the molecule is C[N+](C)(C)C.[O-]B([O-])OC1(c2ccccc2)CCCCCCC1(c1ccccc1)c1ccccc1. The van der Waals surface area contributed by atoms with Gasteiger partial charge in [-0.15, -0.1) is 0 Å². The highest BCUT2D eigenvalue weighted by molar-refractivity contribution is 6.28. The number of hydrogen-bond donors (Lipinski definition) is 0. The van der Waals surface area contributed by atoms with Crippen molar-refractivity contribution in [3.05, 3.63) is 108 Å². The van der Waals surface area contributed by atoms with E-state index in [2.05, 4.69) is 52.5 Å². The van der Waals surface area contributed by atoms with Crippen LogP contribution in [0.2, 0.25) is 0 Å². The molecule has 1 unspecified atom stereocenters. The van der Waals surface area contributed by atoms with Crippen LogP contribution in [0.3, 0.4) is 0 Å². The van der Waals surface area contributed by atoms with E-state index in [1.54, 1.807) is 0 Å². The molecule has 4 nitrogen and oxygen atoms in total. The van der Waals surface area contributed by atoms with Crippen molar-refractivity contribution in [3.8, 4) is 0 Å². The molecule has 35 heavy (non-hydrogen) atoms. The number of benzene rings is 3. The molecular formula is C30H39BNO3-. The van der Waals surface area contributed by atoms with Gasteiger partial charge in [-0.25, -0.2) is 0 Å². The summed E-state index contributed by atoms with van der Waals surface area (Å²) in [5.74, 6) is 0. The average molecular weight is 472 g/mol. The van der Waals surface area contributed by atoms with Crippen LogP contribution in [0.15, 0.2) is 91.0 Å². The molecule has 186 valence electrons. The fourth-order valence-corrected chi connectivity index (χ4v) is 5.39. The van der Waals surface area contributed by atoms with Crippen molar-refractivity contribution >= 4 is 7.32 Å². The number of rotatable bonds is 5. The minimum atomic E-state index is -2.36. The van der Waals surface area contributed by atoms with Crippen LogP contribution in [-0.2, 0) is 15.7 Å². The van der Waals surface area contributed by atoms with Gasteiger partial charge in [0.2, 0.25) is 0 Å². The van der Waals surface area contributed by atoms with E-state index >= 15 is 0 Å². The lowest BCUT2D eigenvalue weighted by atomic mass is 9.55. The smallest absolute Gasteiger partial charge is 0.0872 e. The largest absolute Gasteiger partial charge is 0.871 e. The van der Waals surface area contributed by atoms with Gasteiger partial charge < -0.3 is 19.2 Å². The highest BCUT2D eigenvalue weighted by atomic mass is 16.6. The zero-order valence-corrected chi connectivity index (χ0v) is 21.7. The van der Waals surface area contributed by atoms with E-state index in [0.717, 1.165) is 53.3 Å². The molecule has 1 saturated carbocycles. The van der Waals surface area contributed by atoms with Crippen LogP contribution in [0, 0.1) is 0 Å². The summed E-state index contributed by atoms with van der Waals surface area (Å²) in [5, 5.41) is 24.3. The topological polar surface area (TPSA) is 55.3 Å². The predicted octanol–water partition coefficient (Wildman–Crippen LogP) is 4.27. The zero-order valence-electron chi connectivity index (χ0n) is 21.7. The Bertz CT molecular complexity index is 961. The lowest BCUT2D eigenvalue weighted by Gasteiger charge is -2.57. The minimum Gasteiger partial charge on any atom is -0.871 e. The third-order valence-electron chi connectivity index (χ3n) is 6.59. The van der Waals surface area contributed by atoms with E-state index < -0.39 is 18.3 Å². The van der Waals surface area contributed by atoms with Gasteiger partial charge in [0, 0.05) is 0 Å². The Labute approximate surface area is 212 Å². The van der Waals surface area contributed by atoms with E-state index in [9.17, 15) is 10.0 Å². The summed E-state index contributed by atoms with van der Waals surface area (Å²) < 4.78 is 7.01. The van der Waals surface area contributed by atoms with Gasteiger partial charge in [-0.2, -0.15) is 0 Å². The number of quaternary nitrogens is 1. The van der Waals surface area contributed by atoms with Crippen LogP contribution in [0.1, 0.15) is 55.2 Å². The van der Waals surface area contributed by atoms with Crippen LogP contribution in [0.4, 0.5) is 0 Å². The van der Waals surface area contributed by atoms with Crippen molar-refractivity contribution in [2.24, 2.45) is 0 Å². The maximum absolute atomic E-state index is 12.1. The minimum absolute atomic E-state index is 0.627. The molecule has 0 aromatic heterocycles. The fraction of sp³-hybridized carbons (Fsp3) is 0.400. The molecule has 0 amide bonds. The van der Waals surface area contributed by atoms with Crippen LogP contribution < -0.4 is 10.0 Å². The summed E-state index contributed by atoms with van der Waals surface area (Å²) in [7, 11) is 6.14. The number of hydrogen-bond acceptors (Lipinski definition) is 3. The fourth-order valence-electron chi connectivity index (χ4n) is 5.39. The molecule has 1 fully saturated rings. The molecular weight excluding hydrogens is 433 g/mol. The molecule has 0 spiro atoms. The summed E-state index contributed by atoms with van der Waals surface area (Å²) in [6.07, 6.45) is 5.54. The van der Waals surface area contributed by atoms with Crippen molar-refractivity contribution < 1.29 is 19.2 Å². The summed E-state index contributed by atoms with van der Waals surface area (Å²) >= 11 is 0. The van der Waals surface area contributed by atoms with Gasteiger partial charge in [-0.1, -0.05) is 117 Å². The van der Waals surface area contributed by atoms with E-state index in [0.29, 0.717) is 6.42 Å². The van der Waals surface area contributed by atoms with Crippen molar-refractivity contribution in [1.29, 1.82) is 0 Å². The monoisotopic (exact) mass is 472 g/mol. The molecule has 0 bridgehead atoms. The Morgan fingerprint density at radius 2 is 0.971 bits per heavy atom. The van der Waals surface area contributed by atoms with Crippen LogP contribution in [0.5, 0.6) is 0 Å². The molecule has 1 aliphatic rings. The van der Waals surface area contributed by atoms with E-state index in [1.807, 2.05) is 66.7 Å². The van der Waals surface area contributed by atoms with Crippen molar-refractivity contribution in [3.63, 3.8) is 0 Å². The number of nitrogens with zero attached hydrogens (tertiary/aromatic N) is 1. The predicted molar refractivity (Wildman–Crippen MR) is 140 cm³/mol. The molecule has 0 N–H and O–H groups in total. The van der Waals surface area contributed by atoms with Gasteiger partial charge in [-0.05, 0) is 29.5 Å². The molecule has 0 heterocycles. The Morgan fingerprint density at radius 3 is 1.37 bits per heavy atom. The second kappa shape index (κ2) is 12.0. The summed E-state index contributed by atoms with van der Waals surface area (Å²) in [5.41, 5.74) is 1.40. The van der Waals surface area contributed by atoms with Gasteiger partial charge in [0.15, 0.2) is 0 Å². The first-order valence-corrected chi connectivity index (χ1v) is 12.6. The second-order valence-corrected chi connectivity index (χ2v) is 10.8. The standard InChI is InChI=1S/C26H27BO3.C4H12N/c28-27(29)30-26(24-18-10-5-11-19-24)21-13-2-1-12-20-25(26,22-14-6-3-7-15-22)23-16-8-4-9-17-23;1-5(2,3)4/h3-11,14-19H,1-2,12-13,20-21H2;1-4H3/q-2;+1. The molecule has 0 aliphatic heterocycles. The Balaban J connectivity index is 0.000000623. The van der Waals surface area contributed by atoms with Gasteiger partial charge in [0.05, 0.1) is 46.5 Å². The van der Waals surface area contributed by atoms with Gasteiger partial charge in [0.25, 0.3) is 0 Å². The molecule has 0 radical (unpaired) electrons. The summed E-state index contributed by atoms with van der Waals surface area (Å²) in [6.45, 7) is 0. The molecule has 0 saturated heterocycles. The normalized spacial score (nSPS) is 20.1. The average Bonchev–Trinajstić information content (AvgIpc) is 2.82. The third-order valence-corrected chi connectivity index (χ3v) is 6.59. The van der Waals surface area contributed by atoms with E-state index in [1.165, 1.54) is 0 Å². The molecule has 5 heteroatoms. The van der Waals surface area contributed by atoms with E-state index in [4.69, 9.17) is 4.65 Å². The second-order valence-electron chi connectivity index (χ2n) is 10.8. The Kier molecular flexibility index (Phi) is 9.31. The summed E-state index contributed by atoms with van der Waals surface area (Å²) in [6, 6.07) is 30.5. The van der Waals surface area contributed by atoms with Crippen molar-refractivity contribution in [2.45, 2.75) is 49.5 Å². The first kappa shape index (κ1) is 27.2. The van der Waals surface area contributed by atoms with Crippen LogP contribution >= 0.6 is 0 Å². The highest BCUT2D eigenvalue weighted by Gasteiger charge is 2.54. The quantitative estimate of drug-likeness (QED) is 0.412. The van der Waals surface area contributed by atoms with Gasteiger partial charge >= 0.3 is 0 Å². The molecule has 1 atom stereocenters. The maximum atomic E-state index is 12.1. The lowest BCUT2D eigenvalue weighted by molar-refractivity contribution is -0.849. The first-order chi connectivity index (χ1) is 16.7. The highest BCUT2D eigenvalue weighted by Crippen LogP contribution is 2.56. The molecule has 4 rings (SSSR count). The van der Waals surface area contributed by atoms with Crippen LogP contribution in [-0.4, -0.2) is 40.0 Å². The summed E-state index contributed by atoms with van der Waals surface area (Å²) in [4.78, 5) is 0. The van der Waals surface area contributed by atoms with Crippen molar-refractivity contribution in [1.82, 2.24) is 0 Å². The third kappa shape index (κ3) is 6.62. The molecule has 3 aromatic rings. The van der Waals surface area contributed by atoms with E-state index in [-0.39, 0.29) is 0 Å². The molecule has 1 aliphatic carbocycles. The van der Waals surface area contributed by atoms with Gasteiger partial charge in [-0.3, -0.25) is 0 Å². The Morgan fingerprint density at radius 1 is 0.600 bits per heavy atom. The zero-order chi connectivity index (χ0) is 25.4. The maximum Gasteiger partial charge on any atom is 0.0872 e. The molecule has 3 aromatic carbocycles. The first-order valence-electron chi connectivity index (χ1n) is 12.6. The van der Waals surface area contributed by atoms with Gasteiger partial charge in [0.1, 0.15) is 0 Å². The Hall–Kier alpha value is -2.44. The van der Waals surface area contributed by atoms with Crippen LogP contribution in [0.25, 0.3) is 0 Å². The van der Waals surface area contributed by atoms with Crippen molar-refractivity contribution in [2.75, 3.05) is 28.2 Å².